The minimum Gasteiger partial charge on any atom is -0.478 e. The van der Waals surface area contributed by atoms with Gasteiger partial charge in [0, 0.05) is 5.56 Å². The molecule has 0 heterocycles. The third-order valence-electron chi connectivity index (χ3n) is 1.79. The number of hydrogen-bond acceptors (Lipinski definition) is 2. The summed E-state index contributed by atoms with van der Waals surface area (Å²) in [5.74, 6) is -1.03. The number of carbonyl (C=O) groups excluding carboxylic acids is 1. The molecule has 0 radical (unpaired) electrons. The van der Waals surface area contributed by atoms with Crippen molar-refractivity contribution >= 4 is 23.7 Å². The van der Waals surface area contributed by atoms with Gasteiger partial charge in [0.15, 0.2) is 0 Å². The number of thiol groups is 1. The first-order valence-corrected chi connectivity index (χ1v) is 4.05. The lowest BCUT2D eigenvalue weighted by Crippen LogP contribution is -2.03. The molecule has 0 amide bonds. The molecular weight excluding hydrogens is 188 g/mol. The van der Waals surface area contributed by atoms with Crippen LogP contribution in [0.25, 0.3) is 0 Å². The molecule has 0 unspecified atom stereocenters. The number of rotatable bonds is 2. The molecule has 0 atom stereocenters. The lowest BCUT2D eigenvalue weighted by Gasteiger charge is -2.03. The van der Waals surface area contributed by atoms with E-state index in [0.717, 1.165) is 0 Å². The Morgan fingerprint density at radius 2 is 1.85 bits per heavy atom. The van der Waals surface area contributed by atoms with Crippen molar-refractivity contribution in [2.24, 2.45) is 0 Å². The van der Waals surface area contributed by atoms with Gasteiger partial charge in [-0.3, -0.25) is 4.79 Å². The zero-order chi connectivity index (χ0) is 10.0. The molecule has 0 aliphatic carbocycles. The molecule has 0 aliphatic heterocycles. The third kappa shape index (κ3) is 1.89. The predicted octanol–water partition coefficient (Wildman–Crippen LogP) is 1.76. The third-order valence-corrected chi connectivity index (χ3v) is 2.04. The lowest BCUT2D eigenvalue weighted by molar-refractivity contribution is 0.0696. The summed E-state index contributed by atoms with van der Waals surface area (Å²) < 4.78 is 0. The first-order chi connectivity index (χ1) is 6.04. The van der Waals surface area contributed by atoms with E-state index in [2.05, 4.69) is 12.6 Å². The maximum Gasteiger partial charge on any atom is 0.335 e. The SMILES string of the molecule is Cc1c(C(=O)O)cccc1C(=O)S. The van der Waals surface area contributed by atoms with Gasteiger partial charge in [0.2, 0.25) is 5.12 Å². The molecule has 0 saturated heterocycles. The highest BCUT2D eigenvalue weighted by Gasteiger charge is 2.12. The molecule has 1 aromatic carbocycles. The molecule has 0 spiro atoms. The van der Waals surface area contributed by atoms with Gasteiger partial charge in [0.05, 0.1) is 5.56 Å². The molecule has 13 heavy (non-hydrogen) atoms. The molecule has 1 rings (SSSR count). The normalized spacial score (nSPS) is 9.69. The quantitative estimate of drug-likeness (QED) is 0.709. The van der Waals surface area contributed by atoms with E-state index in [1.165, 1.54) is 12.1 Å². The van der Waals surface area contributed by atoms with Crippen LogP contribution in [0.1, 0.15) is 26.3 Å². The van der Waals surface area contributed by atoms with Gasteiger partial charge in [0.1, 0.15) is 0 Å². The van der Waals surface area contributed by atoms with Crippen molar-refractivity contribution in [3.8, 4) is 0 Å². The van der Waals surface area contributed by atoms with Crippen molar-refractivity contribution < 1.29 is 14.7 Å². The molecule has 0 fully saturated rings. The molecule has 0 aliphatic rings. The first-order valence-electron chi connectivity index (χ1n) is 3.60. The van der Waals surface area contributed by atoms with E-state index in [9.17, 15) is 9.59 Å². The van der Waals surface area contributed by atoms with Gasteiger partial charge in [-0.1, -0.05) is 12.1 Å². The molecule has 1 aromatic rings. The fraction of sp³-hybridized carbons (Fsp3) is 0.111. The molecule has 68 valence electrons. The average Bonchev–Trinajstić information content (AvgIpc) is 2.03. The highest BCUT2D eigenvalue weighted by Crippen LogP contribution is 2.15. The second-order valence-electron chi connectivity index (χ2n) is 2.59. The van der Waals surface area contributed by atoms with Crippen LogP contribution < -0.4 is 0 Å². The smallest absolute Gasteiger partial charge is 0.335 e. The predicted molar refractivity (Wildman–Crippen MR) is 51.5 cm³/mol. The highest BCUT2D eigenvalue weighted by molar-refractivity contribution is 7.97. The second kappa shape index (κ2) is 3.62. The van der Waals surface area contributed by atoms with Gasteiger partial charge >= 0.3 is 5.97 Å². The van der Waals surface area contributed by atoms with Gasteiger partial charge in [-0.25, -0.2) is 4.79 Å². The molecule has 0 aromatic heterocycles. The van der Waals surface area contributed by atoms with Crippen LogP contribution in [0.15, 0.2) is 18.2 Å². The topological polar surface area (TPSA) is 54.4 Å². The number of carboxylic acids is 1. The van der Waals surface area contributed by atoms with E-state index in [1.807, 2.05) is 0 Å². The number of hydrogen-bond donors (Lipinski definition) is 2. The summed E-state index contributed by atoms with van der Waals surface area (Å²) in [7, 11) is 0. The fourth-order valence-corrected chi connectivity index (χ4v) is 1.34. The second-order valence-corrected chi connectivity index (χ2v) is 2.99. The van der Waals surface area contributed by atoms with Crippen molar-refractivity contribution in [1.82, 2.24) is 0 Å². The van der Waals surface area contributed by atoms with E-state index >= 15 is 0 Å². The Kier molecular flexibility index (Phi) is 2.72. The summed E-state index contributed by atoms with van der Waals surface area (Å²) in [6, 6.07) is 4.54. The Bertz CT molecular complexity index is 339. The summed E-state index contributed by atoms with van der Waals surface area (Å²) in [4.78, 5) is 21.6. The van der Waals surface area contributed by atoms with Gasteiger partial charge < -0.3 is 5.11 Å². The Hall–Kier alpha value is -1.29. The number of benzene rings is 1. The van der Waals surface area contributed by atoms with Crippen LogP contribution in [-0.2, 0) is 0 Å². The Balaban J connectivity index is 3.35. The number of aromatic carboxylic acids is 1. The highest BCUT2D eigenvalue weighted by atomic mass is 32.1. The Morgan fingerprint density at radius 1 is 1.31 bits per heavy atom. The molecule has 4 heteroatoms. The molecule has 0 bridgehead atoms. The molecule has 0 saturated carbocycles. The summed E-state index contributed by atoms with van der Waals surface area (Å²) in [5.41, 5.74) is 0.929. The summed E-state index contributed by atoms with van der Waals surface area (Å²) in [5, 5.41) is 8.32. The summed E-state index contributed by atoms with van der Waals surface area (Å²) in [6.45, 7) is 1.59. The van der Waals surface area contributed by atoms with Gasteiger partial charge in [-0.2, -0.15) is 0 Å². The van der Waals surface area contributed by atoms with E-state index < -0.39 is 11.1 Å². The monoisotopic (exact) mass is 196 g/mol. The average molecular weight is 196 g/mol. The van der Waals surface area contributed by atoms with Crippen LogP contribution in [0, 0.1) is 6.92 Å². The van der Waals surface area contributed by atoms with Gasteiger partial charge in [-0.05, 0) is 18.6 Å². The van der Waals surface area contributed by atoms with Crippen LogP contribution >= 0.6 is 12.6 Å². The standard InChI is InChI=1S/C9H8O3S/c1-5-6(8(10)11)3-2-4-7(5)9(12)13/h2-4H,1H3,(H,10,11)(H,12,13). The van der Waals surface area contributed by atoms with Crippen LogP contribution in [0.3, 0.4) is 0 Å². The first kappa shape index (κ1) is 9.80. The van der Waals surface area contributed by atoms with E-state index in [-0.39, 0.29) is 5.56 Å². The van der Waals surface area contributed by atoms with E-state index in [4.69, 9.17) is 5.11 Å². The number of carboxylic acid groups (broad SMARTS) is 1. The molecular formula is C9H8O3S. The summed E-state index contributed by atoms with van der Waals surface area (Å²) in [6.07, 6.45) is 0. The largest absolute Gasteiger partial charge is 0.478 e. The Morgan fingerprint density at radius 3 is 2.31 bits per heavy atom. The van der Waals surface area contributed by atoms with Gasteiger partial charge in [-0.15, -0.1) is 12.6 Å². The summed E-state index contributed by atoms with van der Waals surface area (Å²) >= 11 is 3.64. The van der Waals surface area contributed by atoms with Crippen LogP contribution in [0.4, 0.5) is 0 Å². The zero-order valence-corrected chi connectivity index (χ0v) is 7.84. The van der Waals surface area contributed by atoms with Crippen molar-refractivity contribution in [1.29, 1.82) is 0 Å². The van der Waals surface area contributed by atoms with Crippen molar-refractivity contribution in [3.63, 3.8) is 0 Å². The number of carbonyl (C=O) groups is 2. The van der Waals surface area contributed by atoms with E-state index in [1.54, 1.807) is 13.0 Å². The minimum absolute atomic E-state index is 0.139. The lowest BCUT2D eigenvalue weighted by atomic mass is 10.0. The maximum atomic E-state index is 10.9. The molecule has 1 N–H and O–H groups in total. The van der Waals surface area contributed by atoms with Crippen LogP contribution in [0.5, 0.6) is 0 Å². The molecule has 3 nitrogen and oxygen atoms in total. The van der Waals surface area contributed by atoms with Crippen molar-refractivity contribution in [3.05, 3.63) is 34.9 Å². The zero-order valence-electron chi connectivity index (χ0n) is 6.94. The minimum atomic E-state index is -1.03. The van der Waals surface area contributed by atoms with Crippen molar-refractivity contribution in [2.75, 3.05) is 0 Å². The van der Waals surface area contributed by atoms with Crippen LogP contribution in [0.2, 0.25) is 0 Å². The van der Waals surface area contributed by atoms with Crippen molar-refractivity contribution in [2.45, 2.75) is 6.92 Å². The van der Waals surface area contributed by atoms with Crippen LogP contribution in [-0.4, -0.2) is 16.2 Å². The van der Waals surface area contributed by atoms with E-state index in [0.29, 0.717) is 11.1 Å². The fourth-order valence-electron chi connectivity index (χ4n) is 1.10. The Labute approximate surface area is 80.8 Å². The maximum absolute atomic E-state index is 10.9. The van der Waals surface area contributed by atoms with Gasteiger partial charge in [0.25, 0.3) is 0 Å².